The van der Waals surface area contributed by atoms with E-state index in [0.29, 0.717) is 17.6 Å². The third-order valence-corrected chi connectivity index (χ3v) is 5.55. The summed E-state index contributed by atoms with van der Waals surface area (Å²) in [7, 11) is 0. The number of hydrogen-bond donors (Lipinski definition) is 1. The van der Waals surface area contributed by atoms with Crippen molar-refractivity contribution in [1.29, 1.82) is 0 Å². The van der Waals surface area contributed by atoms with E-state index in [1.54, 1.807) is 12.5 Å². The van der Waals surface area contributed by atoms with Crippen molar-refractivity contribution in [2.24, 2.45) is 0 Å². The van der Waals surface area contributed by atoms with Crippen LogP contribution >= 0.6 is 24.8 Å². The molecule has 2 saturated heterocycles. The van der Waals surface area contributed by atoms with Gasteiger partial charge in [0.15, 0.2) is 5.65 Å². The molecule has 2 fully saturated rings. The molecule has 3 aromatic rings. The average molecular weight is 420 g/mol. The number of halogens is 2. The Morgan fingerprint density at radius 2 is 1.96 bits per heavy atom. The second-order valence-corrected chi connectivity index (χ2v) is 7.13. The normalized spacial score (nSPS) is 20.5. The summed E-state index contributed by atoms with van der Waals surface area (Å²) in [6, 6.07) is 12.9. The van der Waals surface area contributed by atoms with Crippen LogP contribution in [0.25, 0.3) is 11.2 Å². The van der Waals surface area contributed by atoms with Crippen molar-refractivity contribution in [3.8, 4) is 0 Å². The number of likely N-dealkylation sites (tertiary alicyclic amines) is 1. The number of aromatic nitrogens is 3. The van der Waals surface area contributed by atoms with Crippen LogP contribution in [0.1, 0.15) is 28.8 Å². The maximum absolute atomic E-state index is 13.0. The van der Waals surface area contributed by atoms with E-state index in [9.17, 15) is 4.79 Å². The highest BCUT2D eigenvalue weighted by Crippen LogP contribution is 2.27. The van der Waals surface area contributed by atoms with Crippen molar-refractivity contribution in [2.45, 2.75) is 31.5 Å². The molecule has 2 aliphatic heterocycles. The zero-order chi connectivity index (χ0) is 17.5. The first-order valence-electron chi connectivity index (χ1n) is 9.19. The molecule has 5 rings (SSSR count). The molecule has 1 aromatic carbocycles. The lowest BCUT2D eigenvalue weighted by Gasteiger charge is -2.23. The highest BCUT2D eigenvalue weighted by Gasteiger charge is 2.40. The lowest BCUT2D eigenvalue weighted by atomic mass is 10.1. The summed E-state index contributed by atoms with van der Waals surface area (Å²) in [4.78, 5) is 24.0. The molecule has 0 unspecified atom stereocenters. The molecular formula is C20H23Cl2N5O. The predicted molar refractivity (Wildman–Crippen MR) is 113 cm³/mol. The van der Waals surface area contributed by atoms with Crippen LogP contribution in [0.3, 0.4) is 0 Å². The number of rotatable bonds is 3. The number of amides is 1. The Balaban J connectivity index is 0.00000112. The van der Waals surface area contributed by atoms with Crippen molar-refractivity contribution in [3.63, 3.8) is 0 Å². The van der Waals surface area contributed by atoms with Gasteiger partial charge in [-0.1, -0.05) is 30.3 Å². The van der Waals surface area contributed by atoms with Gasteiger partial charge < -0.3 is 14.8 Å². The minimum Gasteiger partial charge on any atom is -0.334 e. The van der Waals surface area contributed by atoms with E-state index in [2.05, 4.69) is 27.4 Å². The Morgan fingerprint density at radius 1 is 1.14 bits per heavy atom. The predicted octanol–water partition coefficient (Wildman–Crippen LogP) is 2.90. The first-order chi connectivity index (χ1) is 12.8. The number of fused-ring (bicyclic) bond motifs is 2. The van der Waals surface area contributed by atoms with Crippen LogP contribution in [0.5, 0.6) is 0 Å². The fraction of sp³-hybridized carbons (Fsp3) is 0.350. The van der Waals surface area contributed by atoms with Crippen LogP contribution in [0.15, 0.2) is 48.9 Å². The zero-order valence-corrected chi connectivity index (χ0v) is 17.0. The summed E-state index contributed by atoms with van der Waals surface area (Å²) in [5.41, 5.74) is 3.42. The van der Waals surface area contributed by atoms with E-state index in [4.69, 9.17) is 0 Å². The van der Waals surface area contributed by atoms with Gasteiger partial charge in [-0.3, -0.25) is 4.79 Å². The number of nitrogens with one attached hydrogen (secondary N) is 1. The van der Waals surface area contributed by atoms with E-state index in [-0.39, 0.29) is 30.7 Å². The Morgan fingerprint density at radius 3 is 2.79 bits per heavy atom. The Hall–Kier alpha value is -2.15. The van der Waals surface area contributed by atoms with E-state index < -0.39 is 0 Å². The van der Waals surface area contributed by atoms with Crippen LogP contribution in [0, 0.1) is 0 Å². The van der Waals surface area contributed by atoms with Gasteiger partial charge in [-0.15, -0.1) is 24.8 Å². The fourth-order valence-corrected chi connectivity index (χ4v) is 4.24. The maximum Gasteiger partial charge on any atom is 0.255 e. The van der Waals surface area contributed by atoms with Crippen molar-refractivity contribution in [1.82, 2.24) is 24.8 Å². The smallest absolute Gasteiger partial charge is 0.255 e. The molecule has 0 bridgehead atoms. The SMILES string of the molecule is Cl.Cl.O=C(c1cnc2c(c1)ncn2Cc1ccccc1)N1CC[C@@H]2NCC[C@@H]21. The first-order valence-corrected chi connectivity index (χ1v) is 9.19. The van der Waals surface area contributed by atoms with Gasteiger partial charge in [0.05, 0.1) is 18.4 Å². The van der Waals surface area contributed by atoms with Crippen LogP contribution in [0.2, 0.25) is 0 Å². The molecule has 4 heterocycles. The summed E-state index contributed by atoms with van der Waals surface area (Å²) in [5.74, 6) is 0.0770. The summed E-state index contributed by atoms with van der Waals surface area (Å²) >= 11 is 0. The van der Waals surface area contributed by atoms with Crippen molar-refractivity contribution >= 4 is 41.9 Å². The number of carbonyl (C=O) groups is 1. The number of hydrogen-bond acceptors (Lipinski definition) is 4. The summed E-state index contributed by atoms with van der Waals surface area (Å²) in [6.07, 6.45) is 5.57. The molecule has 2 aromatic heterocycles. The molecule has 2 atom stereocenters. The topological polar surface area (TPSA) is 63.1 Å². The average Bonchev–Trinajstić information content (AvgIpc) is 3.38. The second-order valence-electron chi connectivity index (χ2n) is 7.13. The van der Waals surface area contributed by atoms with Crippen molar-refractivity contribution < 1.29 is 4.79 Å². The van der Waals surface area contributed by atoms with Crippen LogP contribution < -0.4 is 5.32 Å². The number of carbonyl (C=O) groups excluding carboxylic acids is 1. The monoisotopic (exact) mass is 419 g/mol. The summed E-state index contributed by atoms with van der Waals surface area (Å²) in [5, 5.41) is 3.49. The minimum atomic E-state index is 0. The standard InChI is InChI=1S/C20H21N5O.2ClH/c26-20(25-9-7-16-18(25)6-8-21-16)15-10-17-19(22-11-15)24(13-23-17)12-14-4-2-1-3-5-14;;/h1-5,10-11,13,16,18,21H,6-9,12H2;2*1H/t16-,18-;;/m0../s1. The summed E-state index contributed by atoms with van der Waals surface area (Å²) < 4.78 is 2.02. The van der Waals surface area contributed by atoms with E-state index in [1.165, 1.54) is 5.56 Å². The number of pyridine rings is 1. The highest BCUT2D eigenvalue weighted by molar-refractivity contribution is 5.96. The van der Waals surface area contributed by atoms with E-state index in [1.807, 2.05) is 33.7 Å². The molecule has 1 N–H and O–H groups in total. The third-order valence-electron chi connectivity index (χ3n) is 5.55. The number of benzene rings is 1. The molecular weight excluding hydrogens is 397 g/mol. The molecule has 148 valence electrons. The van der Waals surface area contributed by atoms with Gasteiger partial charge in [0, 0.05) is 24.8 Å². The zero-order valence-electron chi connectivity index (χ0n) is 15.3. The van der Waals surface area contributed by atoms with Gasteiger partial charge in [-0.25, -0.2) is 9.97 Å². The Bertz CT molecular complexity index is 962. The summed E-state index contributed by atoms with van der Waals surface area (Å²) in [6.45, 7) is 2.54. The van der Waals surface area contributed by atoms with Crippen LogP contribution in [-0.2, 0) is 6.54 Å². The highest BCUT2D eigenvalue weighted by atomic mass is 35.5. The van der Waals surface area contributed by atoms with Gasteiger partial charge in [0.25, 0.3) is 5.91 Å². The second kappa shape index (κ2) is 8.47. The maximum atomic E-state index is 13.0. The molecule has 8 heteroatoms. The van der Waals surface area contributed by atoms with Crippen molar-refractivity contribution in [3.05, 3.63) is 60.0 Å². The van der Waals surface area contributed by atoms with Gasteiger partial charge in [-0.05, 0) is 31.0 Å². The van der Waals surface area contributed by atoms with E-state index in [0.717, 1.165) is 43.6 Å². The Labute approximate surface area is 176 Å². The quantitative estimate of drug-likeness (QED) is 0.708. The van der Waals surface area contributed by atoms with Crippen LogP contribution in [0.4, 0.5) is 0 Å². The minimum absolute atomic E-state index is 0. The lowest BCUT2D eigenvalue weighted by Crippen LogP contribution is -2.38. The first kappa shape index (κ1) is 20.6. The molecule has 0 spiro atoms. The largest absolute Gasteiger partial charge is 0.334 e. The number of imidazole rings is 1. The number of nitrogens with zero attached hydrogens (tertiary/aromatic N) is 4. The van der Waals surface area contributed by atoms with Gasteiger partial charge in [0.2, 0.25) is 0 Å². The van der Waals surface area contributed by atoms with Gasteiger partial charge >= 0.3 is 0 Å². The van der Waals surface area contributed by atoms with Crippen molar-refractivity contribution in [2.75, 3.05) is 13.1 Å². The molecule has 1 amide bonds. The van der Waals surface area contributed by atoms with Gasteiger partial charge in [0.1, 0.15) is 5.52 Å². The Kier molecular flexibility index (Phi) is 6.23. The fourth-order valence-electron chi connectivity index (χ4n) is 4.24. The molecule has 0 aliphatic carbocycles. The van der Waals surface area contributed by atoms with Gasteiger partial charge in [-0.2, -0.15) is 0 Å². The van der Waals surface area contributed by atoms with E-state index >= 15 is 0 Å². The third kappa shape index (κ3) is 3.60. The molecule has 2 aliphatic rings. The molecule has 0 radical (unpaired) electrons. The molecule has 28 heavy (non-hydrogen) atoms. The molecule has 0 saturated carbocycles. The lowest BCUT2D eigenvalue weighted by molar-refractivity contribution is 0.0736. The van der Waals surface area contributed by atoms with Crippen LogP contribution in [-0.4, -0.2) is 50.5 Å². The molecule has 6 nitrogen and oxygen atoms in total.